The number of anilines is 1. The number of hydrogen-bond donors (Lipinski definition) is 1. The molecule has 1 N–H and O–H groups in total. The molecule has 0 atom stereocenters. The van der Waals surface area contributed by atoms with Crippen LogP contribution in [-0.4, -0.2) is 28.6 Å². The second-order valence-corrected chi connectivity index (χ2v) is 5.31. The van der Waals surface area contributed by atoms with Gasteiger partial charge in [-0.1, -0.05) is 30.9 Å². The lowest BCUT2D eigenvalue weighted by atomic mass is 9.94. The Morgan fingerprint density at radius 1 is 1.42 bits per heavy atom. The maximum Gasteiger partial charge on any atom is 0.335 e. The van der Waals surface area contributed by atoms with Gasteiger partial charge < -0.3 is 10.0 Å². The third-order valence-electron chi connectivity index (χ3n) is 3.68. The van der Waals surface area contributed by atoms with Gasteiger partial charge >= 0.3 is 5.97 Å². The fourth-order valence-electron chi connectivity index (χ4n) is 2.75. The minimum Gasteiger partial charge on any atom is -0.478 e. The first-order valence-electron chi connectivity index (χ1n) is 6.79. The highest BCUT2D eigenvalue weighted by atomic mass is 35.5. The first-order valence-corrected chi connectivity index (χ1v) is 7.17. The van der Waals surface area contributed by atoms with Gasteiger partial charge in [-0.3, -0.25) is 0 Å². The number of carboxylic acids is 1. The van der Waals surface area contributed by atoms with E-state index in [4.69, 9.17) is 16.7 Å². The Labute approximate surface area is 118 Å². The van der Waals surface area contributed by atoms with E-state index in [0.717, 1.165) is 19.4 Å². The maximum atomic E-state index is 11.1. The maximum absolute atomic E-state index is 11.1. The van der Waals surface area contributed by atoms with E-state index in [2.05, 4.69) is 16.8 Å². The summed E-state index contributed by atoms with van der Waals surface area (Å²) in [6, 6.07) is 3.46. The third kappa shape index (κ3) is 3.38. The molecule has 0 unspecified atom stereocenters. The Bertz CT molecular complexity index is 459. The van der Waals surface area contributed by atoms with Crippen LogP contribution in [0.2, 0.25) is 5.15 Å². The van der Waals surface area contributed by atoms with Gasteiger partial charge in [-0.05, 0) is 31.9 Å². The van der Waals surface area contributed by atoms with Crippen LogP contribution in [0.5, 0.6) is 0 Å². The average molecular weight is 283 g/mol. The summed E-state index contributed by atoms with van der Waals surface area (Å²) < 4.78 is 0. The molecule has 0 aromatic carbocycles. The molecular weight excluding hydrogens is 264 g/mol. The topological polar surface area (TPSA) is 53.4 Å². The SMILES string of the molecule is CCN(c1cc(C(=O)O)cc(Cl)n1)C1CCCCC1. The van der Waals surface area contributed by atoms with Crippen LogP contribution in [0.4, 0.5) is 5.82 Å². The molecule has 1 aliphatic carbocycles. The van der Waals surface area contributed by atoms with E-state index in [1.54, 1.807) is 6.07 Å². The fraction of sp³-hybridized carbons (Fsp3) is 0.571. The van der Waals surface area contributed by atoms with E-state index in [1.807, 2.05) is 0 Å². The van der Waals surface area contributed by atoms with Crippen molar-refractivity contribution in [3.63, 3.8) is 0 Å². The molecule has 2 rings (SSSR count). The predicted octanol–water partition coefficient (Wildman–Crippen LogP) is 3.59. The molecule has 19 heavy (non-hydrogen) atoms. The second kappa shape index (κ2) is 6.24. The molecule has 104 valence electrons. The molecule has 0 spiro atoms. The van der Waals surface area contributed by atoms with Crippen LogP contribution in [0.25, 0.3) is 0 Å². The summed E-state index contributed by atoms with van der Waals surface area (Å²) in [6.45, 7) is 2.88. The number of aromatic nitrogens is 1. The van der Waals surface area contributed by atoms with Crippen molar-refractivity contribution in [3.05, 3.63) is 22.8 Å². The predicted molar refractivity (Wildman–Crippen MR) is 76.1 cm³/mol. The number of halogens is 1. The Morgan fingerprint density at radius 3 is 2.68 bits per heavy atom. The second-order valence-electron chi connectivity index (χ2n) is 4.92. The molecule has 1 fully saturated rings. The summed E-state index contributed by atoms with van der Waals surface area (Å²) in [5.41, 5.74) is 0.198. The molecule has 1 aromatic rings. The van der Waals surface area contributed by atoms with E-state index in [0.29, 0.717) is 11.9 Å². The van der Waals surface area contributed by atoms with Gasteiger partial charge in [0.2, 0.25) is 0 Å². The van der Waals surface area contributed by atoms with Crippen LogP contribution in [0.15, 0.2) is 12.1 Å². The van der Waals surface area contributed by atoms with Gasteiger partial charge in [-0.15, -0.1) is 0 Å². The van der Waals surface area contributed by atoms with Gasteiger partial charge in [0, 0.05) is 12.6 Å². The molecule has 1 heterocycles. The molecule has 0 aliphatic heterocycles. The number of carboxylic acid groups (broad SMARTS) is 1. The smallest absolute Gasteiger partial charge is 0.335 e. The summed E-state index contributed by atoms with van der Waals surface area (Å²) in [6.07, 6.45) is 6.04. The van der Waals surface area contributed by atoms with Crippen molar-refractivity contribution in [1.82, 2.24) is 4.98 Å². The van der Waals surface area contributed by atoms with Crippen LogP contribution in [0.1, 0.15) is 49.4 Å². The summed E-state index contributed by atoms with van der Waals surface area (Å²) in [4.78, 5) is 17.6. The number of rotatable bonds is 4. The summed E-state index contributed by atoms with van der Waals surface area (Å²) in [5, 5.41) is 9.33. The fourth-order valence-corrected chi connectivity index (χ4v) is 2.96. The molecule has 0 amide bonds. The van der Waals surface area contributed by atoms with E-state index >= 15 is 0 Å². The van der Waals surface area contributed by atoms with Crippen LogP contribution in [-0.2, 0) is 0 Å². The normalized spacial score (nSPS) is 16.3. The van der Waals surface area contributed by atoms with Crippen molar-refractivity contribution in [2.24, 2.45) is 0 Å². The number of carbonyl (C=O) groups is 1. The standard InChI is InChI=1S/C14H19ClN2O2/c1-2-17(11-6-4-3-5-7-11)13-9-10(14(18)19)8-12(15)16-13/h8-9,11H,2-7H2,1H3,(H,18,19). The molecule has 4 nitrogen and oxygen atoms in total. The number of nitrogens with zero attached hydrogens (tertiary/aromatic N) is 2. The van der Waals surface area contributed by atoms with E-state index in [9.17, 15) is 4.79 Å². The minimum atomic E-state index is -0.967. The highest BCUT2D eigenvalue weighted by Crippen LogP contribution is 2.27. The van der Waals surface area contributed by atoms with Gasteiger partial charge in [-0.25, -0.2) is 9.78 Å². The zero-order valence-corrected chi connectivity index (χ0v) is 11.9. The molecule has 0 saturated heterocycles. The van der Waals surface area contributed by atoms with E-state index in [1.165, 1.54) is 25.3 Å². The van der Waals surface area contributed by atoms with E-state index in [-0.39, 0.29) is 10.7 Å². The lowest BCUT2D eigenvalue weighted by Gasteiger charge is -2.34. The zero-order valence-electron chi connectivity index (χ0n) is 11.1. The average Bonchev–Trinajstić information content (AvgIpc) is 2.40. The lowest BCUT2D eigenvalue weighted by molar-refractivity contribution is 0.0696. The quantitative estimate of drug-likeness (QED) is 0.858. The van der Waals surface area contributed by atoms with Crippen molar-refractivity contribution >= 4 is 23.4 Å². The number of pyridine rings is 1. The monoisotopic (exact) mass is 282 g/mol. The summed E-state index contributed by atoms with van der Waals surface area (Å²) >= 11 is 5.93. The first-order chi connectivity index (χ1) is 9.11. The number of hydrogen-bond acceptors (Lipinski definition) is 3. The van der Waals surface area contributed by atoms with Crippen molar-refractivity contribution in [3.8, 4) is 0 Å². The third-order valence-corrected chi connectivity index (χ3v) is 3.87. The lowest BCUT2D eigenvalue weighted by Crippen LogP contribution is -2.37. The minimum absolute atomic E-state index is 0.198. The van der Waals surface area contributed by atoms with Crippen LogP contribution < -0.4 is 4.90 Å². The first kappa shape index (κ1) is 14.1. The highest BCUT2D eigenvalue weighted by Gasteiger charge is 2.22. The van der Waals surface area contributed by atoms with Crippen LogP contribution >= 0.6 is 11.6 Å². The molecule has 1 aliphatic rings. The molecular formula is C14H19ClN2O2. The zero-order chi connectivity index (χ0) is 13.8. The highest BCUT2D eigenvalue weighted by molar-refractivity contribution is 6.29. The van der Waals surface area contributed by atoms with Crippen molar-refractivity contribution in [2.75, 3.05) is 11.4 Å². The van der Waals surface area contributed by atoms with Gasteiger partial charge in [-0.2, -0.15) is 0 Å². The van der Waals surface area contributed by atoms with Crippen molar-refractivity contribution in [2.45, 2.75) is 45.1 Å². The van der Waals surface area contributed by atoms with Gasteiger partial charge in [0.1, 0.15) is 11.0 Å². The molecule has 0 radical (unpaired) electrons. The Balaban J connectivity index is 2.28. The van der Waals surface area contributed by atoms with Gasteiger partial charge in [0.05, 0.1) is 5.56 Å². The molecule has 5 heteroatoms. The molecule has 1 saturated carbocycles. The summed E-state index contributed by atoms with van der Waals surface area (Å²) in [7, 11) is 0. The molecule has 1 aromatic heterocycles. The van der Waals surface area contributed by atoms with Gasteiger partial charge in [0.15, 0.2) is 0 Å². The Morgan fingerprint density at radius 2 is 2.11 bits per heavy atom. The van der Waals surface area contributed by atoms with E-state index < -0.39 is 5.97 Å². The summed E-state index contributed by atoms with van der Waals surface area (Å²) in [5.74, 6) is -0.287. The largest absolute Gasteiger partial charge is 0.478 e. The Kier molecular flexibility index (Phi) is 4.64. The number of aromatic carboxylic acids is 1. The Hall–Kier alpha value is -1.29. The van der Waals surface area contributed by atoms with Gasteiger partial charge in [0.25, 0.3) is 0 Å². The molecule has 0 bridgehead atoms. The van der Waals surface area contributed by atoms with Crippen LogP contribution in [0.3, 0.4) is 0 Å². The van der Waals surface area contributed by atoms with Crippen molar-refractivity contribution in [1.29, 1.82) is 0 Å². The van der Waals surface area contributed by atoms with Crippen molar-refractivity contribution < 1.29 is 9.90 Å². The van der Waals surface area contributed by atoms with Crippen LogP contribution in [0, 0.1) is 0 Å².